The van der Waals surface area contributed by atoms with Gasteiger partial charge in [0.25, 0.3) is 0 Å². The third kappa shape index (κ3) is 3.44. The molecule has 0 saturated heterocycles. The first-order valence-corrected chi connectivity index (χ1v) is 7.01. The van der Waals surface area contributed by atoms with Crippen LogP contribution in [0.15, 0.2) is 0 Å². The smallest absolute Gasteiger partial charge is 0.0157 e. The average molecular weight is 216 g/mol. The molecule has 2 N–H and O–H groups in total. The molecule has 0 bridgehead atoms. The molecule has 1 aliphatic rings. The third-order valence-corrected chi connectivity index (χ3v) is 4.24. The minimum absolute atomic E-state index is 0.468. The summed E-state index contributed by atoms with van der Waals surface area (Å²) in [7, 11) is 2.27. The van der Waals surface area contributed by atoms with Crippen LogP contribution in [0.2, 0.25) is 0 Å². The topological polar surface area (TPSA) is 29.3 Å². The minimum Gasteiger partial charge on any atom is -0.328 e. The average Bonchev–Trinajstić information content (AvgIpc) is 2.18. The molecule has 1 fully saturated rings. The van der Waals surface area contributed by atoms with Crippen molar-refractivity contribution < 1.29 is 0 Å². The second kappa shape index (κ2) is 5.99. The first kappa shape index (κ1) is 12.3. The van der Waals surface area contributed by atoms with Gasteiger partial charge in [-0.3, -0.25) is 4.90 Å². The molecule has 0 aliphatic heterocycles. The zero-order chi connectivity index (χ0) is 10.6. The van der Waals surface area contributed by atoms with E-state index in [2.05, 4.69) is 25.1 Å². The lowest BCUT2D eigenvalue weighted by molar-refractivity contribution is 0.151. The SMILES string of the molecule is CSCC(C)N(C)C1CCC(N)CC1. The lowest BCUT2D eigenvalue weighted by Crippen LogP contribution is -2.43. The monoisotopic (exact) mass is 216 g/mol. The predicted octanol–water partition coefficient (Wildman–Crippen LogP) is 1.94. The maximum Gasteiger partial charge on any atom is 0.0157 e. The Balaban J connectivity index is 2.33. The van der Waals surface area contributed by atoms with Crippen molar-refractivity contribution in [3.05, 3.63) is 0 Å². The van der Waals surface area contributed by atoms with Crippen LogP contribution in [0.25, 0.3) is 0 Å². The number of thioether (sulfide) groups is 1. The van der Waals surface area contributed by atoms with Gasteiger partial charge in [-0.05, 0) is 45.9 Å². The normalized spacial score (nSPS) is 30.6. The molecule has 0 aromatic heterocycles. The highest BCUT2D eigenvalue weighted by Gasteiger charge is 2.24. The molecule has 1 unspecified atom stereocenters. The Morgan fingerprint density at radius 3 is 2.43 bits per heavy atom. The molecular formula is C11H24N2S. The van der Waals surface area contributed by atoms with Crippen molar-refractivity contribution in [2.45, 2.75) is 50.7 Å². The van der Waals surface area contributed by atoms with Gasteiger partial charge in [-0.2, -0.15) is 11.8 Å². The largest absolute Gasteiger partial charge is 0.328 e. The van der Waals surface area contributed by atoms with Gasteiger partial charge in [-0.25, -0.2) is 0 Å². The van der Waals surface area contributed by atoms with Gasteiger partial charge < -0.3 is 5.73 Å². The molecule has 0 radical (unpaired) electrons. The van der Waals surface area contributed by atoms with Crippen molar-refractivity contribution >= 4 is 11.8 Å². The van der Waals surface area contributed by atoms with Gasteiger partial charge >= 0.3 is 0 Å². The highest BCUT2D eigenvalue weighted by molar-refractivity contribution is 7.98. The van der Waals surface area contributed by atoms with Gasteiger partial charge in [0, 0.05) is 23.9 Å². The molecule has 14 heavy (non-hydrogen) atoms. The molecule has 0 aromatic rings. The highest BCUT2D eigenvalue weighted by atomic mass is 32.2. The first-order chi connectivity index (χ1) is 6.65. The number of rotatable bonds is 4. The molecule has 0 aromatic carbocycles. The summed E-state index contributed by atoms with van der Waals surface area (Å²) < 4.78 is 0. The zero-order valence-corrected chi connectivity index (χ0v) is 10.5. The lowest BCUT2D eigenvalue weighted by atomic mass is 9.90. The van der Waals surface area contributed by atoms with E-state index < -0.39 is 0 Å². The van der Waals surface area contributed by atoms with Crippen molar-refractivity contribution in [3.63, 3.8) is 0 Å². The standard InChI is InChI=1S/C11H24N2S/c1-9(8-14-3)13(2)11-6-4-10(12)5-7-11/h9-11H,4-8,12H2,1-3H3. The number of hydrogen-bond acceptors (Lipinski definition) is 3. The fourth-order valence-electron chi connectivity index (χ4n) is 2.23. The molecular weight excluding hydrogens is 192 g/mol. The summed E-state index contributed by atoms with van der Waals surface area (Å²) in [6.45, 7) is 2.32. The maximum atomic E-state index is 5.91. The summed E-state index contributed by atoms with van der Waals surface area (Å²) in [5, 5.41) is 0. The lowest BCUT2D eigenvalue weighted by Gasteiger charge is -2.37. The molecule has 1 atom stereocenters. The molecule has 1 rings (SSSR count). The number of nitrogens with zero attached hydrogens (tertiary/aromatic N) is 1. The van der Waals surface area contributed by atoms with Crippen molar-refractivity contribution in [3.8, 4) is 0 Å². The predicted molar refractivity (Wildman–Crippen MR) is 65.8 cm³/mol. The molecule has 2 nitrogen and oxygen atoms in total. The van der Waals surface area contributed by atoms with Crippen LogP contribution in [0, 0.1) is 0 Å². The summed E-state index contributed by atoms with van der Waals surface area (Å²) in [4.78, 5) is 2.54. The van der Waals surface area contributed by atoms with E-state index in [9.17, 15) is 0 Å². The van der Waals surface area contributed by atoms with Gasteiger partial charge in [0.1, 0.15) is 0 Å². The van der Waals surface area contributed by atoms with E-state index in [-0.39, 0.29) is 0 Å². The van der Waals surface area contributed by atoms with Crippen LogP contribution in [0.1, 0.15) is 32.6 Å². The van der Waals surface area contributed by atoms with Gasteiger partial charge in [0.05, 0.1) is 0 Å². The maximum absolute atomic E-state index is 5.91. The van der Waals surface area contributed by atoms with Gasteiger partial charge in [0.2, 0.25) is 0 Å². The molecule has 1 aliphatic carbocycles. The molecule has 3 heteroatoms. The molecule has 84 valence electrons. The van der Waals surface area contributed by atoms with E-state index in [0.717, 1.165) is 6.04 Å². The fraction of sp³-hybridized carbons (Fsp3) is 1.00. The third-order valence-electron chi connectivity index (χ3n) is 3.42. The van der Waals surface area contributed by atoms with E-state index in [4.69, 9.17) is 5.73 Å². The van der Waals surface area contributed by atoms with Crippen LogP contribution < -0.4 is 5.73 Å². The number of nitrogens with two attached hydrogens (primary N) is 1. The zero-order valence-electron chi connectivity index (χ0n) is 9.70. The quantitative estimate of drug-likeness (QED) is 0.779. The van der Waals surface area contributed by atoms with Crippen LogP contribution in [-0.2, 0) is 0 Å². The Labute approximate surface area is 92.6 Å². The van der Waals surface area contributed by atoms with E-state index in [1.807, 2.05) is 11.8 Å². The number of hydrogen-bond donors (Lipinski definition) is 1. The van der Waals surface area contributed by atoms with Crippen LogP contribution in [0.3, 0.4) is 0 Å². The Morgan fingerprint density at radius 1 is 1.36 bits per heavy atom. The van der Waals surface area contributed by atoms with Crippen molar-refractivity contribution in [1.29, 1.82) is 0 Å². The van der Waals surface area contributed by atoms with Crippen LogP contribution in [-0.4, -0.2) is 42.1 Å². The fourth-order valence-corrected chi connectivity index (χ4v) is 2.95. The van der Waals surface area contributed by atoms with Crippen LogP contribution in [0.4, 0.5) is 0 Å². The van der Waals surface area contributed by atoms with Crippen molar-refractivity contribution in [1.82, 2.24) is 4.90 Å². The van der Waals surface area contributed by atoms with Crippen molar-refractivity contribution in [2.75, 3.05) is 19.1 Å². The minimum atomic E-state index is 0.468. The first-order valence-electron chi connectivity index (χ1n) is 5.61. The summed E-state index contributed by atoms with van der Waals surface area (Å²) >= 11 is 1.94. The van der Waals surface area contributed by atoms with Gasteiger partial charge in [-0.1, -0.05) is 0 Å². The van der Waals surface area contributed by atoms with Gasteiger partial charge in [-0.15, -0.1) is 0 Å². The summed E-state index contributed by atoms with van der Waals surface area (Å²) in [6.07, 6.45) is 7.18. The summed E-state index contributed by atoms with van der Waals surface area (Å²) in [6, 6.07) is 1.94. The Morgan fingerprint density at radius 2 is 1.93 bits per heavy atom. The second-order valence-corrected chi connectivity index (χ2v) is 5.45. The highest BCUT2D eigenvalue weighted by Crippen LogP contribution is 2.23. The van der Waals surface area contributed by atoms with Gasteiger partial charge in [0.15, 0.2) is 0 Å². The van der Waals surface area contributed by atoms with E-state index in [1.54, 1.807) is 0 Å². The molecule has 0 spiro atoms. The van der Waals surface area contributed by atoms with E-state index in [0.29, 0.717) is 12.1 Å². The van der Waals surface area contributed by atoms with Crippen molar-refractivity contribution in [2.24, 2.45) is 5.73 Å². The second-order valence-electron chi connectivity index (χ2n) is 4.54. The Kier molecular flexibility index (Phi) is 5.28. The Bertz CT molecular complexity index is 155. The van der Waals surface area contributed by atoms with E-state index in [1.165, 1.54) is 31.4 Å². The molecule has 1 saturated carbocycles. The van der Waals surface area contributed by atoms with Crippen LogP contribution >= 0.6 is 11.8 Å². The Hall–Kier alpha value is 0.270. The van der Waals surface area contributed by atoms with E-state index >= 15 is 0 Å². The summed E-state index contributed by atoms with van der Waals surface area (Å²) in [5.41, 5.74) is 5.91. The molecule has 0 amide bonds. The summed E-state index contributed by atoms with van der Waals surface area (Å²) in [5.74, 6) is 1.24. The van der Waals surface area contributed by atoms with Crippen LogP contribution in [0.5, 0.6) is 0 Å². The molecule has 0 heterocycles.